The molecule has 2 aromatic rings. The van der Waals surface area contributed by atoms with Gasteiger partial charge >= 0.3 is 0 Å². The van der Waals surface area contributed by atoms with Crippen LogP contribution in [-0.4, -0.2) is 36.6 Å². The lowest BCUT2D eigenvalue weighted by molar-refractivity contribution is -0.928. The molecule has 0 heterocycles. The lowest BCUT2D eigenvalue weighted by Gasteiger charge is -2.41. The van der Waals surface area contributed by atoms with Gasteiger partial charge < -0.3 is 10.2 Å². The highest BCUT2D eigenvalue weighted by atomic mass is 16.1. The average Bonchev–Trinajstić information content (AvgIpc) is 2.63. The van der Waals surface area contributed by atoms with Crippen molar-refractivity contribution in [3.8, 4) is 0 Å². The van der Waals surface area contributed by atoms with Crippen LogP contribution in [-0.2, 0) is 10.2 Å². The molecule has 25 heavy (non-hydrogen) atoms. The van der Waals surface area contributed by atoms with Gasteiger partial charge in [-0.15, -0.1) is 0 Å². The molecule has 0 aliphatic rings. The van der Waals surface area contributed by atoms with Crippen LogP contribution in [0.15, 0.2) is 60.7 Å². The van der Waals surface area contributed by atoms with Crippen molar-refractivity contribution in [2.24, 2.45) is 5.73 Å². The van der Waals surface area contributed by atoms with Crippen LogP contribution in [0.1, 0.15) is 38.3 Å². The van der Waals surface area contributed by atoms with E-state index in [1.54, 1.807) is 0 Å². The molecule has 2 aromatic carbocycles. The Balaban J connectivity index is 2.54. The maximum atomic E-state index is 12.8. The molecular weight excluding hydrogens is 308 g/mol. The van der Waals surface area contributed by atoms with Crippen molar-refractivity contribution < 1.29 is 9.28 Å². The zero-order valence-electron chi connectivity index (χ0n) is 15.9. The fraction of sp³-hybridized carbons (Fsp3) is 0.409. The van der Waals surface area contributed by atoms with E-state index >= 15 is 0 Å². The maximum absolute atomic E-state index is 12.8. The van der Waals surface area contributed by atoms with Gasteiger partial charge in [-0.1, -0.05) is 60.7 Å². The highest BCUT2D eigenvalue weighted by Crippen LogP contribution is 2.36. The fourth-order valence-electron chi connectivity index (χ4n) is 3.51. The minimum absolute atomic E-state index is 0.281. The molecule has 0 radical (unpaired) electrons. The van der Waals surface area contributed by atoms with Crippen molar-refractivity contribution in [3.05, 3.63) is 71.8 Å². The Morgan fingerprint density at radius 2 is 1.44 bits per heavy atom. The van der Waals surface area contributed by atoms with E-state index in [2.05, 4.69) is 27.8 Å². The predicted molar refractivity (Wildman–Crippen MR) is 104 cm³/mol. The monoisotopic (exact) mass is 339 g/mol. The number of carbonyl (C=O) groups is 1. The number of quaternary nitrogens is 1. The minimum atomic E-state index is -0.800. The van der Waals surface area contributed by atoms with Gasteiger partial charge in [0.1, 0.15) is 5.41 Å². The molecule has 0 aliphatic heterocycles. The molecule has 1 amide bonds. The van der Waals surface area contributed by atoms with Crippen LogP contribution in [0.5, 0.6) is 0 Å². The number of benzene rings is 2. The summed E-state index contributed by atoms with van der Waals surface area (Å²) in [4.78, 5) is 12.8. The molecule has 0 spiro atoms. The van der Waals surface area contributed by atoms with E-state index in [-0.39, 0.29) is 5.91 Å². The van der Waals surface area contributed by atoms with Gasteiger partial charge in [0.2, 0.25) is 5.91 Å². The average molecular weight is 340 g/mol. The van der Waals surface area contributed by atoms with Crippen LogP contribution >= 0.6 is 0 Å². The molecule has 0 saturated carbocycles. The third-order valence-electron chi connectivity index (χ3n) is 5.92. The molecular formula is C22H31N2O+. The first-order valence-electron chi connectivity index (χ1n) is 9.12. The smallest absolute Gasteiger partial charge is 0.232 e. The molecule has 134 valence electrons. The first kappa shape index (κ1) is 19.2. The van der Waals surface area contributed by atoms with E-state index in [0.717, 1.165) is 28.7 Å². The van der Waals surface area contributed by atoms with Crippen LogP contribution < -0.4 is 5.73 Å². The highest BCUT2D eigenvalue weighted by molar-refractivity contribution is 5.90. The number of rotatable bonds is 8. The molecule has 0 aliphatic carbocycles. The molecule has 1 unspecified atom stereocenters. The molecule has 1 atom stereocenters. The number of amides is 1. The Labute approximate surface area is 152 Å². The summed E-state index contributed by atoms with van der Waals surface area (Å²) in [5, 5.41) is 0. The Morgan fingerprint density at radius 1 is 1.00 bits per heavy atom. The predicted octanol–water partition coefficient (Wildman–Crippen LogP) is 3.72. The first-order chi connectivity index (χ1) is 11.9. The second-order valence-corrected chi connectivity index (χ2v) is 7.36. The first-order valence-corrected chi connectivity index (χ1v) is 9.12. The second-order valence-electron chi connectivity index (χ2n) is 7.36. The molecule has 0 saturated heterocycles. The van der Waals surface area contributed by atoms with E-state index in [0.29, 0.717) is 12.5 Å². The number of hydrogen-bond donors (Lipinski definition) is 1. The summed E-state index contributed by atoms with van der Waals surface area (Å²) in [6.45, 7) is 8.59. The third-order valence-corrected chi connectivity index (χ3v) is 5.92. The van der Waals surface area contributed by atoms with Gasteiger partial charge in [-0.3, -0.25) is 4.79 Å². The Morgan fingerprint density at radius 3 is 1.76 bits per heavy atom. The quantitative estimate of drug-likeness (QED) is 0.732. The largest absolute Gasteiger partial charge is 0.369 e. The highest BCUT2D eigenvalue weighted by Gasteiger charge is 2.42. The van der Waals surface area contributed by atoms with Gasteiger partial charge in [0, 0.05) is 6.42 Å². The molecule has 3 heteroatoms. The number of nitrogens with zero attached hydrogens (tertiary/aromatic N) is 1. The molecule has 0 aromatic heterocycles. The summed E-state index contributed by atoms with van der Waals surface area (Å²) in [7, 11) is 2.26. The van der Waals surface area contributed by atoms with E-state index in [4.69, 9.17) is 5.73 Å². The zero-order chi connectivity index (χ0) is 18.5. The second kappa shape index (κ2) is 7.83. The molecule has 2 rings (SSSR count). The summed E-state index contributed by atoms with van der Waals surface area (Å²) < 4.78 is 0.911. The van der Waals surface area contributed by atoms with Crippen LogP contribution in [0, 0.1) is 0 Å². The van der Waals surface area contributed by atoms with Gasteiger partial charge in [0.25, 0.3) is 0 Å². The Bertz CT molecular complexity index is 642. The zero-order valence-corrected chi connectivity index (χ0v) is 15.9. The summed E-state index contributed by atoms with van der Waals surface area (Å²) in [5.41, 5.74) is 7.18. The number of primary amides is 1. The van der Waals surface area contributed by atoms with Crippen molar-refractivity contribution in [3.63, 3.8) is 0 Å². The van der Waals surface area contributed by atoms with Crippen LogP contribution in [0.4, 0.5) is 0 Å². The maximum Gasteiger partial charge on any atom is 0.232 e. The van der Waals surface area contributed by atoms with Crippen molar-refractivity contribution in [2.75, 3.05) is 20.1 Å². The van der Waals surface area contributed by atoms with E-state index in [9.17, 15) is 4.79 Å². The number of nitrogens with two attached hydrogens (primary N) is 1. The number of carbonyl (C=O) groups excluding carboxylic acids is 1. The van der Waals surface area contributed by atoms with Crippen molar-refractivity contribution in [2.45, 2.75) is 38.6 Å². The standard InChI is InChI=1S/C22H30N2O/c1-5-24(4,18(2)3)17-16-22(21(23)25,19-12-8-6-9-13-19)20-14-10-7-11-15-20/h6-15,18H,5,16-17H2,1-4H3,(H-,23,25)/p+1. The van der Waals surface area contributed by atoms with Gasteiger partial charge in [-0.05, 0) is 31.9 Å². The molecule has 0 bridgehead atoms. The van der Waals surface area contributed by atoms with Gasteiger partial charge in [0.05, 0.1) is 26.2 Å². The van der Waals surface area contributed by atoms with Crippen molar-refractivity contribution in [1.29, 1.82) is 0 Å². The number of hydrogen-bond acceptors (Lipinski definition) is 1. The summed E-state index contributed by atoms with van der Waals surface area (Å²) in [5.74, 6) is -0.281. The minimum Gasteiger partial charge on any atom is -0.369 e. The van der Waals surface area contributed by atoms with Crippen LogP contribution in [0.2, 0.25) is 0 Å². The summed E-state index contributed by atoms with van der Waals surface area (Å²) in [6, 6.07) is 20.4. The van der Waals surface area contributed by atoms with E-state index in [1.165, 1.54) is 0 Å². The van der Waals surface area contributed by atoms with Crippen LogP contribution in [0.25, 0.3) is 0 Å². The molecule has 0 fully saturated rings. The molecule has 2 N–H and O–H groups in total. The van der Waals surface area contributed by atoms with Gasteiger partial charge in [-0.2, -0.15) is 0 Å². The SMILES string of the molecule is CC[N+](C)(CCC(C(N)=O)(c1ccccc1)c1ccccc1)C(C)C. The summed E-state index contributed by atoms with van der Waals surface area (Å²) in [6.07, 6.45) is 0.693. The van der Waals surface area contributed by atoms with Crippen molar-refractivity contribution >= 4 is 5.91 Å². The topological polar surface area (TPSA) is 43.1 Å². The van der Waals surface area contributed by atoms with Crippen LogP contribution in [0.3, 0.4) is 0 Å². The summed E-state index contributed by atoms with van der Waals surface area (Å²) >= 11 is 0. The molecule has 3 nitrogen and oxygen atoms in total. The Hall–Kier alpha value is -2.13. The van der Waals surface area contributed by atoms with Crippen molar-refractivity contribution in [1.82, 2.24) is 0 Å². The van der Waals surface area contributed by atoms with Gasteiger partial charge in [0.15, 0.2) is 0 Å². The lowest BCUT2D eigenvalue weighted by atomic mass is 9.71. The lowest BCUT2D eigenvalue weighted by Crippen LogP contribution is -2.53. The fourth-order valence-corrected chi connectivity index (χ4v) is 3.51. The Kier molecular flexibility index (Phi) is 6.02. The van der Waals surface area contributed by atoms with E-state index < -0.39 is 5.41 Å². The van der Waals surface area contributed by atoms with Gasteiger partial charge in [-0.25, -0.2) is 0 Å². The third kappa shape index (κ3) is 3.77. The normalized spacial score (nSPS) is 14.3. The van der Waals surface area contributed by atoms with E-state index in [1.807, 2.05) is 60.7 Å².